The van der Waals surface area contributed by atoms with Crippen molar-refractivity contribution in [1.29, 1.82) is 0 Å². The normalized spacial score (nSPS) is 25.2. The molecule has 1 aliphatic carbocycles. The molecule has 1 atom stereocenters. The van der Waals surface area contributed by atoms with Crippen molar-refractivity contribution in [3.8, 4) is 0 Å². The van der Waals surface area contributed by atoms with E-state index in [-0.39, 0.29) is 5.97 Å². The maximum absolute atomic E-state index is 11.9. The van der Waals surface area contributed by atoms with E-state index >= 15 is 0 Å². The highest BCUT2D eigenvalue weighted by atomic mass is 16.5. The Morgan fingerprint density at radius 3 is 2.40 bits per heavy atom. The van der Waals surface area contributed by atoms with E-state index in [1.165, 1.54) is 0 Å². The minimum Gasteiger partial charge on any atom is -0.466 e. The SMILES string of the molecule is CCOC(=O)C(C)(C)CC(C)NC1CCC(OC)CC1. The van der Waals surface area contributed by atoms with E-state index in [0.29, 0.717) is 24.8 Å². The van der Waals surface area contributed by atoms with Crippen molar-refractivity contribution in [3.63, 3.8) is 0 Å². The molecule has 0 bridgehead atoms. The smallest absolute Gasteiger partial charge is 0.311 e. The highest BCUT2D eigenvalue weighted by Crippen LogP contribution is 2.26. The van der Waals surface area contributed by atoms with E-state index < -0.39 is 5.41 Å². The fourth-order valence-corrected chi connectivity index (χ4v) is 3.10. The second kappa shape index (κ2) is 7.99. The quantitative estimate of drug-likeness (QED) is 0.731. The molecule has 1 unspecified atom stereocenters. The number of rotatable bonds is 7. The largest absolute Gasteiger partial charge is 0.466 e. The fraction of sp³-hybridized carbons (Fsp3) is 0.938. The van der Waals surface area contributed by atoms with Gasteiger partial charge >= 0.3 is 5.97 Å². The third-order valence-corrected chi connectivity index (χ3v) is 4.17. The molecule has 0 aromatic carbocycles. The molecule has 0 amide bonds. The lowest BCUT2D eigenvalue weighted by atomic mass is 9.85. The summed E-state index contributed by atoms with van der Waals surface area (Å²) >= 11 is 0. The van der Waals surface area contributed by atoms with Crippen LogP contribution in [-0.4, -0.2) is 37.9 Å². The Labute approximate surface area is 123 Å². The Morgan fingerprint density at radius 1 is 1.30 bits per heavy atom. The predicted octanol–water partition coefficient (Wildman–Crippen LogP) is 2.90. The number of ether oxygens (including phenoxy) is 2. The molecule has 0 aliphatic heterocycles. The van der Waals surface area contributed by atoms with Gasteiger partial charge in [-0.15, -0.1) is 0 Å². The zero-order valence-electron chi connectivity index (χ0n) is 13.7. The van der Waals surface area contributed by atoms with Gasteiger partial charge in [-0.1, -0.05) is 0 Å². The third-order valence-electron chi connectivity index (χ3n) is 4.17. The first-order valence-electron chi connectivity index (χ1n) is 7.85. The highest BCUT2D eigenvalue weighted by Gasteiger charge is 2.32. The van der Waals surface area contributed by atoms with Crippen LogP contribution in [0, 0.1) is 5.41 Å². The lowest BCUT2D eigenvalue weighted by Crippen LogP contribution is -2.43. The Kier molecular flexibility index (Phi) is 6.96. The maximum atomic E-state index is 11.9. The van der Waals surface area contributed by atoms with E-state index in [1.807, 2.05) is 20.8 Å². The molecule has 0 aromatic rings. The van der Waals surface area contributed by atoms with Crippen LogP contribution in [0.3, 0.4) is 0 Å². The van der Waals surface area contributed by atoms with Crippen LogP contribution in [0.25, 0.3) is 0 Å². The first-order chi connectivity index (χ1) is 9.39. The third kappa shape index (κ3) is 5.41. The Bertz CT molecular complexity index is 296. The van der Waals surface area contributed by atoms with Crippen molar-refractivity contribution in [2.75, 3.05) is 13.7 Å². The van der Waals surface area contributed by atoms with Crippen molar-refractivity contribution >= 4 is 5.97 Å². The minimum absolute atomic E-state index is 0.100. The zero-order valence-corrected chi connectivity index (χ0v) is 13.7. The van der Waals surface area contributed by atoms with Crippen molar-refractivity contribution in [3.05, 3.63) is 0 Å². The summed E-state index contributed by atoms with van der Waals surface area (Å²) in [5.41, 5.74) is -0.424. The van der Waals surface area contributed by atoms with E-state index in [2.05, 4.69) is 12.2 Å². The molecule has 0 spiro atoms. The summed E-state index contributed by atoms with van der Waals surface area (Å²) in [4.78, 5) is 11.9. The van der Waals surface area contributed by atoms with Gasteiger partial charge in [0.15, 0.2) is 0 Å². The average molecular weight is 285 g/mol. The van der Waals surface area contributed by atoms with Crippen molar-refractivity contribution in [2.45, 2.75) is 78.0 Å². The van der Waals surface area contributed by atoms with Gasteiger partial charge in [-0.2, -0.15) is 0 Å². The lowest BCUT2D eigenvalue weighted by molar-refractivity contribution is -0.154. The molecule has 1 rings (SSSR count). The van der Waals surface area contributed by atoms with E-state index in [9.17, 15) is 4.79 Å². The predicted molar refractivity (Wildman–Crippen MR) is 80.7 cm³/mol. The molecular formula is C16H31NO3. The van der Waals surface area contributed by atoms with Gasteiger partial charge in [0.1, 0.15) is 0 Å². The highest BCUT2D eigenvalue weighted by molar-refractivity contribution is 5.75. The van der Waals surface area contributed by atoms with E-state index in [4.69, 9.17) is 9.47 Å². The van der Waals surface area contributed by atoms with Crippen molar-refractivity contribution in [2.24, 2.45) is 5.41 Å². The minimum atomic E-state index is -0.424. The van der Waals surface area contributed by atoms with Crippen molar-refractivity contribution in [1.82, 2.24) is 5.32 Å². The molecule has 1 aliphatic rings. The topological polar surface area (TPSA) is 47.6 Å². The summed E-state index contributed by atoms with van der Waals surface area (Å²) in [6.07, 6.45) is 5.80. The summed E-state index contributed by atoms with van der Waals surface area (Å²) in [5.74, 6) is -0.100. The van der Waals surface area contributed by atoms with Crippen LogP contribution in [-0.2, 0) is 14.3 Å². The first-order valence-corrected chi connectivity index (χ1v) is 7.85. The maximum Gasteiger partial charge on any atom is 0.311 e. The average Bonchev–Trinajstić information content (AvgIpc) is 2.39. The standard InChI is InChI=1S/C16H31NO3/c1-6-20-15(18)16(3,4)11-12(2)17-13-7-9-14(19-5)10-8-13/h12-14,17H,6-11H2,1-5H3. The van der Waals surface area contributed by atoms with Crippen molar-refractivity contribution < 1.29 is 14.3 Å². The fourth-order valence-electron chi connectivity index (χ4n) is 3.10. The number of hydrogen-bond donors (Lipinski definition) is 1. The van der Waals surface area contributed by atoms with Gasteiger partial charge in [-0.05, 0) is 59.8 Å². The first kappa shape index (κ1) is 17.4. The van der Waals surface area contributed by atoms with Crippen LogP contribution >= 0.6 is 0 Å². The molecule has 0 radical (unpaired) electrons. The van der Waals surface area contributed by atoms with Gasteiger partial charge in [-0.3, -0.25) is 4.79 Å². The molecule has 1 saturated carbocycles. The van der Waals surface area contributed by atoms with Crippen LogP contribution in [0.4, 0.5) is 0 Å². The van der Waals surface area contributed by atoms with Gasteiger partial charge in [0.25, 0.3) is 0 Å². The van der Waals surface area contributed by atoms with E-state index in [1.54, 1.807) is 7.11 Å². The number of carbonyl (C=O) groups is 1. The Morgan fingerprint density at radius 2 is 1.90 bits per heavy atom. The molecule has 4 nitrogen and oxygen atoms in total. The molecule has 4 heteroatoms. The molecule has 1 fully saturated rings. The Hall–Kier alpha value is -0.610. The number of nitrogens with one attached hydrogen (secondary N) is 1. The van der Waals surface area contributed by atoms with Gasteiger partial charge < -0.3 is 14.8 Å². The monoisotopic (exact) mass is 285 g/mol. The molecule has 20 heavy (non-hydrogen) atoms. The molecular weight excluding hydrogens is 254 g/mol. The van der Waals surface area contributed by atoms with E-state index in [0.717, 1.165) is 32.1 Å². The molecule has 1 N–H and O–H groups in total. The second-order valence-corrected chi connectivity index (χ2v) is 6.59. The number of methoxy groups -OCH3 is 1. The summed E-state index contributed by atoms with van der Waals surface area (Å²) < 4.78 is 10.5. The number of hydrogen-bond acceptors (Lipinski definition) is 4. The van der Waals surface area contributed by atoms with Crippen LogP contribution in [0.2, 0.25) is 0 Å². The molecule has 0 heterocycles. The van der Waals surface area contributed by atoms with Crippen LogP contribution in [0.15, 0.2) is 0 Å². The summed E-state index contributed by atoms with van der Waals surface area (Å²) in [7, 11) is 1.79. The molecule has 0 aromatic heterocycles. The summed E-state index contributed by atoms with van der Waals surface area (Å²) in [5, 5.41) is 3.65. The van der Waals surface area contributed by atoms with Gasteiger partial charge in [0, 0.05) is 19.2 Å². The van der Waals surface area contributed by atoms with Gasteiger partial charge in [0.2, 0.25) is 0 Å². The summed E-state index contributed by atoms with van der Waals surface area (Å²) in [6.45, 7) is 8.38. The van der Waals surface area contributed by atoms with Gasteiger partial charge in [0.05, 0.1) is 18.1 Å². The number of esters is 1. The Balaban J connectivity index is 2.36. The summed E-state index contributed by atoms with van der Waals surface area (Å²) in [6, 6.07) is 0.868. The van der Waals surface area contributed by atoms with Gasteiger partial charge in [-0.25, -0.2) is 0 Å². The number of carbonyl (C=O) groups excluding carboxylic acids is 1. The molecule has 0 saturated heterocycles. The lowest BCUT2D eigenvalue weighted by Gasteiger charge is -2.33. The zero-order chi connectivity index (χ0) is 15.2. The van der Waals surface area contributed by atoms with Crippen LogP contribution < -0.4 is 5.32 Å². The van der Waals surface area contributed by atoms with Crippen LogP contribution in [0.1, 0.15) is 59.8 Å². The second-order valence-electron chi connectivity index (χ2n) is 6.59. The molecule has 118 valence electrons. The van der Waals surface area contributed by atoms with Crippen LogP contribution in [0.5, 0.6) is 0 Å².